The van der Waals surface area contributed by atoms with Crippen molar-refractivity contribution in [2.75, 3.05) is 16.8 Å². The van der Waals surface area contributed by atoms with Gasteiger partial charge in [0.05, 0.1) is 15.1 Å². The van der Waals surface area contributed by atoms with Gasteiger partial charge >= 0.3 is 5.97 Å². The largest absolute Gasteiger partial charge is 0.476 e. The summed E-state index contributed by atoms with van der Waals surface area (Å²) in [5.74, 6) is -1.06. The van der Waals surface area contributed by atoms with Crippen molar-refractivity contribution in [3.8, 4) is 11.1 Å². The number of fused-ring (bicyclic) bond motifs is 2. The Labute approximate surface area is 262 Å². The van der Waals surface area contributed by atoms with Crippen molar-refractivity contribution in [3.05, 3.63) is 126 Å². The average molecular weight is 636 g/mol. The molecule has 1 amide bonds. The monoisotopic (exact) mass is 635 g/mol. The molecule has 0 saturated heterocycles. The Morgan fingerprint density at radius 3 is 2.49 bits per heavy atom. The van der Waals surface area contributed by atoms with E-state index in [1.807, 2.05) is 41.3 Å². The Hall–Kier alpha value is -5.33. The molecule has 12 heteroatoms. The summed E-state index contributed by atoms with van der Waals surface area (Å²) in [6, 6.07) is 26.2. The summed E-state index contributed by atoms with van der Waals surface area (Å²) < 4.78 is 28.2. The van der Waals surface area contributed by atoms with Crippen LogP contribution in [0.4, 0.5) is 10.9 Å². The molecule has 45 heavy (non-hydrogen) atoms. The van der Waals surface area contributed by atoms with E-state index in [1.165, 1.54) is 35.9 Å². The third kappa shape index (κ3) is 5.34. The Morgan fingerprint density at radius 2 is 1.69 bits per heavy atom. The highest BCUT2D eigenvalue weighted by Gasteiger charge is 2.26. The Kier molecular flexibility index (Phi) is 7.15. The lowest BCUT2D eigenvalue weighted by Crippen LogP contribution is -2.33. The summed E-state index contributed by atoms with van der Waals surface area (Å²) in [5, 5.41) is 13.5. The zero-order valence-corrected chi connectivity index (χ0v) is 25.3. The second-order valence-electron chi connectivity index (χ2n) is 10.5. The van der Waals surface area contributed by atoms with Crippen LogP contribution in [0, 0.1) is 0 Å². The van der Waals surface area contributed by atoms with Crippen molar-refractivity contribution in [2.45, 2.75) is 17.9 Å². The van der Waals surface area contributed by atoms with Crippen molar-refractivity contribution < 1.29 is 23.1 Å². The van der Waals surface area contributed by atoms with Crippen LogP contribution in [0.1, 0.15) is 32.0 Å². The summed E-state index contributed by atoms with van der Waals surface area (Å²) in [7, 11) is -3.85. The maximum absolute atomic E-state index is 13.4. The van der Waals surface area contributed by atoms with Crippen LogP contribution in [-0.2, 0) is 23.0 Å². The van der Waals surface area contributed by atoms with Gasteiger partial charge in [-0.05, 0) is 66.1 Å². The molecule has 0 atom stereocenters. The second kappa shape index (κ2) is 11.3. The highest BCUT2D eigenvalue weighted by atomic mass is 32.2. The topological polar surface area (TPSA) is 134 Å². The van der Waals surface area contributed by atoms with Crippen molar-refractivity contribution >= 4 is 54.4 Å². The van der Waals surface area contributed by atoms with Gasteiger partial charge in [-0.1, -0.05) is 53.8 Å². The fraction of sp³-hybridized carbons (Fsp3) is 0.0909. The summed E-state index contributed by atoms with van der Waals surface area (Å²) in [5.41, 5.74) is 3.72. The molecule has 0 saturated carbocycles. The number of para-hydroxylation sites is 1. The number of aromatic nitrogens is 3. The molecule has 1 aliphatic rings. The Bertz CT molecular complexity index is 2180. The molecule has 3 aromatic heterocycles. The highest BCUT2D eigenvalue weighted by Crippen LogP contribution is 2.32. The van der Waals surface area contributed by atoms with Crippen molar-refractivity contribution in [2.24, 2.45) is 0 Å². The zero-order chi connectivity index (χ0) is 31.1. The van der Waals surface area contributed by atoms with Crippen LogP contribution in [0.25, 0.3) is 21.3 Å². The molecular formula is C33H25N5O5S2. The number of rotatable bonds is 7. The van der Waals surface area contributed by atoms with Gasteiger partial charge in [0.2, 0.25) is 0 Å². The number of pyridine rings is 1. The number of hydrogen-bond acceptors (Lipinski definition) is 8. The van der Waals surface area contributed by atoms with E-state index in [1.54, 1.807) is 42.5 Å². The van der Waals surface area contributed by atoms with E-state index < -0.39 is 16.0 Å². The van der Waals surface area contributed by atoms with Crippen molar-refractivity contribution in [1.82, 2.24) is 13.9 Å². The number of carbonyl (C=O) groups excluding carboxylic acids is 1. The average Bonchev–Trinajstić information content (AvgIpc) is 3.72. The number of benzene rings is 3. The smallest absolute Gasteiger partial charge is 0.355 e. The van der Waals surface area contributed by atoms with E-state index in [9.17, 15) is 23.1 Å². The van der Waals surface area contributed by atoms with Crippen LogP contribution in [0.2, 0.25) is 0 Å². The Balaban J connectivity index is 1.16. The minimum atomic E-state index is -3.85. The van der Waals surface area contributed by atoms with Gasteiger partial charge in [-0.25, -0.2) is 27.2 Å². The molecule has 2 N–H and O–H groups in total. The molecule has 4 heterocycles. The minimum Gasteiger partial charge on any atom is -0.476 e. The van der Waals surface area contributed by atoms with E-state index >= 15 is 0 Å². The number of hydrogen-bond donors (Lipinski definition) is 2. The zero-order valence-electron chi connectivity index (χ0n) is 23.6. The molecule has 1 aliphatic heterocycles. The number of anilines is 2. The molecule has 6 aromatic rings. The van der Waals surface area contributed by atoms with E-state index in [0.717, 1.165) is 25.3 Å². The molecule has 224 valence electrons. The van der Waals surface area contributed by atoms with Gasteiger partial charge in [0, 0.05) is 42.2 Å². The van der Waals surface area contributed by atoms with Gasteiger partial charge in [-0.3, -0.25) is 10.1 Å². The quantitative estimate of drug-likeness (QED) is 0.221. The summed E-state index contributed by atoms with van der Waals surface area (Å²) in [4.78, 5) is 36.9. The molecule has 0 aliphatic carbocycles. The van der Waals surface area contributed by atoms with E-state index in [-0.39, 0.29) is 16.5 Å². The van der Waals surface area contributed by atoms with Crippen LogP contribution in [-0.4, -0.2) is 45.9 Å². The third-order valence-electron chi connectivity index (χ3n) is 7.74. The van der Waals surface area contributed by atoms with Gasteiger partial charge < -0.3 is 10.0 Å². The molecule has 0 bridgehead atoms. The molecule has 7 rings (SSSR count). The van der Waals surface area contributed by atoms with E-state index in [2.05, 4.69) is 15.3 Å². The first-order valence-corrected chi connectivity index (χ1v) is 16.3. The minimum absolute atomic E-state index is 0.123. The third-order valence-corrected chi connectivity index (χ3v) is 10.3. The normalized spacial score (nSPS) is 13.0. The van der Waals surface area contributed by atoms with Crippen LogP contribution in [0.15, 0.2) is 108 Å². The molecule has 0 unspecified atom stereocenters. The standard InChI is InChI=1S/C33H25N5O5S2/c39-31(36-33-34-27-11-4-5-12-28(27)44-33)25-10-6-7-21-15-17-37(20-26(21)25)29-14-13-24(30(35-29)32(40)41)22-16-18-38(19-22)45(42,43)23-8-2-1-3-9-23/h1-14,16,18-19H,15,17,20H2,(H,40,41)(H,34,36,39). The predicted molar refractivity (Wildman–Crippen MR) is 172 cm³/mol. The maximum Gasteiger partial charge on any atom is 0.355 e. The van der Waals surface area contributed by atoms with Crippen LogP contribution < -0.4 is 10.2 Å². The second-order valence-corrected chi connectivity index (χ2v) is 13.3. The number of carboxylic acids is 1. The fourth-order valence-corrected chi connectivity index (χ4v) is 7.58. The predicted octanol–water partition coefficient (Wildman–Crippen LogP) is 5.91. The van der Waals surface area contributed by atoms with Crippen molar-refractivity contribution in [1.29, 1.82) is 0 Å². The van der Waals surface area contributed by atoms with E-state index in [0.29, 0.717) is 47.2 Å². The molecule has 3 aromatic carbocycles. The number of aromatic carboxylic acids is 1. The van der Waals surface area contributed by atoms with E-state index in [4.69, 9.17) is 0 Å². The molecule has 10 nitrogen and oxygen atoms in total. The van der Waals surface area contributed by atoms with Gasteiger partial charge in [-0.15, -0.1) is 0 Å². The Morgan fingerprint density at radius 1 is 0.889 bits per heavy atom. The number of nitrogens with zero attached hydrogens (tertiary/aromatic N) is 4. The van der Waals surface area contributed by atoms with Crippen LogP contribution in [0.3, 0.4) is 0 Å². The first-order chi connectivity index (χ1) is 21.8. The molecular weight excluding hydrogens is 611 g/mol. The van der Waals surface area contributed by atoms with Gasteiger partial charge in [0.15, 0.2) is 10.8 Å². The van der Waals surface area contributed by atoms with Gasteiger partial charge in [0.25, 0.3) is 15.9 Å². The summed E-state index contributed by atoms with van der Waals surface area (Å²) in [6.07, 6.45) is 3.42. The lowest BCUT2D eigenvalue weighted by Gasteiger charge is -2.31. The number of nitrogens with one attached hydrogen (secondary N) is 1. The van der Waals surface area contributed by atoms with Gasteiger partial charge in [-0.2, -0.15) is 0 Å². The summed E-state index contributed by atoms with van der Waals surface area (Å²) in [6.45, 7) is 0.933. The molecule has 0 radical (unpaired) electrons. The highest BCUT2D eigenvalue weighted by molar-refractivity contribution is 7.90. The van der Waals surface area contributed by atoms with Gasteiger partial charge in [0.1, 0.15) is 5.82 Å². The lowest BCUT2D eigenvalue weighted by atomic mass is 9.94. The first-order valence-electron chi connectivity index (χ1n) is 14.0. The SMILES string of the molecule is O=C(Nc1nc2ccccc2s1)c1cccc2c1CN(c1ccc(-c3ccn(S(=O)(=O)c4ccccc4)c3)c(C(=O)O)n1)CC2. The fourth-order valence-electron chi connectivity index (χ4n) is 5.50. The summed E-state index contributed by atoms with van der Waals surface area (Å²) >= 11 is 1.41. The van der Waals surface area contributed by atoms with Crippen LogP contribution >= 0.6 is 11.3 Å². The number of carbonyl (C=O) groups is 2. The molecule has 0 fully saturated rings. The maximum atomic E-state index is 13.4. The van der Waals surface area contributed by atoms with Crippen molar-refractivity contribution in [3.63, 3.8) is 0 Å². The first kappa shape index (κ1) is 28.4. The lowest BCUT2D eigenvalue weighted by molar-refractivity contribution is 0.0691. The number of carboxylic acid groups (broad SMARTS) is 1. The molecule has 0 spiro atoms. The van der Waals surface area contributed by atoms with Crippen LogP contribution in [0.5, 0.6) is 0 Å². The number of amides is 1. The number of thiazole rings is 1.